The standard InChI is InChI=1S/C27H28N4O2/c28-15-7-14-25(27(33)30-18-22-17-29-24-13-5-4-12-23(22)24)31-26(32)21-11-6-10-20(16-21)19-8-2-1-3-9-19/h1-6,8-13,16-17,25,29H,7,14-15,18,28H2,(H,30,33)(H,31,32). The molecule has 1 atom stereocenters. The predicted molar refractivity (Wildman–Crippen MR) is 132 cm³/mol. The largest absolute Gasteiger partial charge is 0.361 e. The van der Waals surface area contributed by atoms with Crippen molar-refractivity contribution in [3.63, 3.8) is 0 Å². The Labute approximate surface area is 193 Å². The fraction of sp³-hybridized carbons (Fsp3) is 0.185. The van der Waals surface area contributed by atoms with Gasteiger partial charge < -0.3 is 21.4 Å². The monoisotopic (exact) mass is 440 g/mol. The molecule has 1 heterocycles. The number of aromatic nitrogens is 1. The van der Waals surface area contributed by atoms with E-state index < -0.39 is 6.04 Å². The molecule has 3 aromatic carbocycles. The maximum absolute atomic E-state index is 13.0. The van der Waals surface area contributed by atoms with Crippen LogP contribution in [-0.2, 0) is 11.3 Å². The number of rotatable bonds is 9. The number of nitrogens with one attached hydrogen (secondary N) is 3. The van der Waals surface area contributed by atoms with Crippen molar-refractivity contribution >= 4 is 22.7 Å². The zero-order chi connectivity index (χ0) is 23.0. The maximum atomic E-state index is 13.0. The normalized spacial score (nSPS) is 11.8. The minimum Gasteiger partial charge on any atom is -0.361 e. The van der Waals surface area contributed by atoms with Gasteiger partial charge in [0.15, 0.2) is 0 Å². The number of H-pyrrole nitrogens is 1. The molecule has 1 unspecified atom stereocenters. The van der Waals surface area contributed by atoms with E-state index in [0.29, 0.717) is 31.5 Å². The zero-order valence-corrected chi connectivity index (χ0v) is 18.4. The highest BCUT2D eigenvalue weighted by Gasteiger charge is 2.21. The molecule has 1 aromatic heterocycles. The summed E-state index contributed by atoms with van der Waals surface area (Å²) in [6.07, 6.45) is 3.00. The van der Waals surface area contributed by atoms with Crippen molar-refractivity contribution in [3.05, 3.63) is 96.2 Å². The Balaban J connectivity index is 1.44. The van der Waals surface area contributed by atoms with Crippen molar-refractivity contribution < 1.29 is 9.59 Å². The molecular formula is C27H28N4O2. The lowest BCUT2D eigenvalue weighted by atomic mass is 10.0. The van der Waals surface area contributed by atoms with Crippen LogP contribution in [0.3, 0.4) is 0 Å². The van der Waals surface area contributed by atoms with Gasteiger partial charge in [-0.25, -0.2) is 0 Å². The van der Waals surface area contributed by atoms with E-state index in [9.17, 15) is 9.59 Å². The van der Waals surface area contributed by atoms with Crippen LogP contribution in [0.4, 0.5) is 0 Å². The molecule has 4 aromatic rings. The van der Waals surface area contributed by atoms with Crippen LogP contribution in [0.1, 0.15) is 28.8 Å². The molecule has 2 amide bonds. The van der Waals surface area contributed by atoms with Crippen molar-refractivity contribution in [3.8, 4) is 11.1 Å². The fourth-order valence-electron chi connectivity index (χ4n) is 3.89. The first-order valence-corrected chi connectivity index (χ1v) is 11.1. The highest BCUT2D eigenvalue weighted by atomic mass is 16.2. The van der Waals surface area contributed by atoms with Gasteiger partial charge in [-0.15, -0.1) is 0 Å². The first-order chi connectivity index (χ1) is 16.2. The average Bonchev–Trinajstić information content (AvgIpc) is 3.28. The van der Waals surface area contributed by atoms with E-state index in [0.717, 1.165) is 27.6 Å². The van der Waals surface area contributed by atoms with E-state index >= 15 is 0 Å². The van der Waals surface area contributed by atoms with Crippen molar-refractivity contribution in [1.29, 1.82) is 0 Å². The van der Waals surface area contributed by atoms with Crippen LogP contribution in [0.5, 0.6) is 0 Å². The van der Waals surface area contributed by atoms with Gasteiger partial charge in [0.25, 0.3) is 5.91 Å². The van der Waals surface area contributed by atoms with Gasteiger partial charge in [0.1, 0.15) is 6.04 Å². The van der Waals surface area contributed by atoms with Gasteiger partial charge in [-0.1, -0.05) is 60.7 Å². The lowest BCUT2D eigenvalue weighted by molar-refractivity contribution is -0.123. The first-order valence-electron chi connectivity index (χ1n) is 11.1. The van der Waals surface area contributed by atoms with Gasteiger partial charge in [0.05, 0.1) is 0 Å². The number of benzene rings is 3. The summed E-state index contributed by atoms with van der Waals surface area (Å²) in [5, 5.41) is 6.93. The summed E-state index contributed by atoms with van der Waals surface area (Å²) in [7, 11) is 0. The smallest absolute Gasteiger partial charge is 0.251 e. The third-order valence-corrected chi connectivity index (χ3v) is 5.68. The second-order valence-corrected chi connectivity index (χ2v) is 7.98. The van der Waals surface area contributed by atoms with Crippen molar-refractivity contribution in [2.75, 3.05) is 6.54 Å². The van der Waals surface area contributed by atoms with Crippen LogP contribution < -0.4 is 16.4 Å². The van der Waals surface area contributed by atoms with E-state index in [4.69, 9.17) is 5.73 Å². The number of fused-ring (bicyclic) bond motifs is 1. The minimum atomic E-state index is -0.661. The third-order valence-electron chi connectivity index (χ3n) is 5.68. The molecule has 0 spiro atoms. The van der Waals surface area contributed by atoms with Crippen LogP contribution in [0.15, 0.2) is 85.1 Å². The van der Waals surface area contributed by atoms with Crippen LogP contribution in [0.25, 0.3) is 22.0 Å². The molecule has 6 heteroatoms. The first kappa shape index (κ1) is 22.3. The Hall–Kier alpha value is -3.90. The Morgan fingerprint density at radius 3 is 2.48 bits per heavy atom. The van der Waals surface area contributed by atoms with Gasteiger partial charge in [0, 0.05) is 29.2 Å². The molecule has 0 aliphatic rings. The van der Waals surface area contributed by atoms with E-state index in [1.807, 2.05) is 79.0 Å². The Morgan fingerprint density at radius 1 is 0.909 bits per heavy atom. The van der Waals surface area contributed by atoms with Crippen LogP contribution >= 0.6 is 0 Å². The highest BCUT2D eigenvalue weighted by Crippen LogP contribution is 2.20. The number of carbonyl (C=O) groups is 2. The summed E-state index contributed by atoms with van der Waals surface area (Å²) in [6.45, 7) is 0.826. The lowest BCUT2D eigenvalue weighted by Gasteiger charge is -2.18. The molecule has 6 nitrogen and oxygen atoms in total. The van der Waals surface area contributed by atoms with E-state index in [1.165, 1.54) is 0 Å². The van der Waals surface area contributed by atoms with Crippen LogP contribution in [-0.4, -0.2) is 29.4 Å². The zero-order valence-electron chi connectivity index (χ0n) is 18.4. The molecule has 4 rings (SSSR count). The lowest BCUT2D eigenvalue weighted by Crippen LogP contribution is -2.46. The molecule has 0 saturated carbocycles. The minimum absolute atomic E-state index is 0.221. The van der Waals surface area contributed by atoms with E-state index in [-0.39, 0.29) is 11.8 Å². The number of carbonyl (C=O) groups excluding carboxylic acids is 2. The van der Waals surface area contributed by atoms with Gasteiger partial charge in [-0.3, -0.25) is 9.59 Å². The SMILES string of the molecule is NCCCC(NC(=O)c1cccc(-c2ccccc2)c1)C(=O)NCc1c[nH]c2ccccc12. The predicted octanol–water partition coefficient (Wildman–Crippen LogP) is 3.99. The summed E-state index contributed by atoms with van der Waals surface area (Å²) in [5.41, 5.74) is 10.2. The quantitative estimate of drug-likeness (QED) is 0.317. The summed E-state index contributed by atoms with van der Waals surface area (Å²) >= 11 is 0. The second kappa shape index (κ2) is 10.6. The molecule has 0 bridgehead atoms. The average molecular weight is 441 g/mol. The summed E-state index contributed by atoms with van der Waals surface area (Å²) in [5.74, 6) is -0.502. The summed E-state index contributed by atoms with van der Waals surface area (Å²) in [6, 6.07) is 24.6. The molecule has 0 fully saturated rings. The molecule has 168 valence electrons. The number of hydrogen-bond acceptors (Lipinski definition) is 3. The van der Waals surface area contributed by atoms with Gasteiger partial charge in [-0.05, 0) is 54.3 Å². The summed E-state index contributed by atoms with van der Waals surface area (Å²) < 4.78 is 0. The van der Waals surface area contributed by atoms with Crippen molar-refractivity contribution in [2.45, 2.75) is 25.4 Å². The molecule has 0 saturated heterocycles. The number of hydrogen-bond donors (Lipinski definition) is 4. The Morgan fingerprint density at radius 2 is 1.67 bits per heavy atom. The van der Waals surface area contributed by atoms with Crippen molar-refractivity contribution in [2.24, 2.45) is 5.73 Å². The summed E-state index contributed by atoms with van der Waals surface area (Å²) in [4.78, 5) is 29.2. The topological polar surface area (TPSA) is 100 Å². The second-order valence-electron chi connectivity index (χ2n) is 7.98. The van der Waals surface area contributed by atoms with Crippen LogP contribution in [0, 0.1) is 0 Å². The fourth-order valence-corrected chi connectivity index (χ4v) is 3.89. The Bertz CT molecular complexity index is 1230. The van der Waals surface area contributed by atoms with E-state index in [1.54, 1.807) is 6.07 Å². The van der Waals surface area contributed by atoms with Crippen molar-refractivity contribution in [1.82, 2.24) is 15.6 Å². The molecule has 33 heavy (non-hydrogen) atoms. The number of nitrogens with two attached hydrogens (primary N) is 1. The van der Waals surface area contributed by atoms with Gasteiger partial charge in [-0.2, -0.15) is 0 Å². The molecule has 0 aliphatic heterocycles. The maximum Gasteiger partial charge on any atom is 0.251 e. The van der Waals surface area contributed by atoms with Crippen LogP contribution in [0.2, 0.25) is 0 Å². The highest BCUT2D eigenvalue weighted by molar-refractivity contribution is 5.98. The molecule has 5 N–H and O–H groups in total. The molecule has 0 aliphatic carbocycles. The number of amides is 2. The third kappa shape index (κ3) is 5.48. The van der Waals surface area contributed by atoms with Gasteiger partial charge in [0.2, 0.25) is 5.91 Å². The van der Waals surface area contributed by atoms with E-state index in [2.05, 4.69) is 15.6 Å². The Kier molecular flexibility index (Phi) is 7.17. The number of aromatic amines is 1. The molecular weight excluding hydrogens is 412 g/mol. The van der Waals surface area contributed by atoms with Gasteiger partial charge >= 0.3 is 0 Å². The number of para-hydroxylation sites is 1. The molecule has 0 radical (unpaired) electrons.